The molecule has 2 aromatic rings. The van der Waals surface area contributed by atoms with Crippen molar-refractivity contribution < 1.29 is 13.9 Å². The first-order valence-electron chi connectivity index (χ1n) is 5.73. The lowest BCUT2D eigenvalue weighted by molar-refractivity contribution is 0.0475. The Morgan fingerprint density at radius 2 is 2.26 bits per heavy atom. The topological polar surface area (TPSA) is 78.1 Å². The maximum absolute atomic E-state index is 11.3. The molecule has 0 aromatic carbocycles. The number of pyridine rings is 1. The van der Waals surface area contributed by atoms with Gasteiger partial charge in [-0.2, -0.15) is 0 Å². The number of aromatic nitrogens is 3. The first kappa shape index (κ1) is 13.5. The van der Waals surface area contributed by atoms with E-state index in [-0.39, 0.29) is 12.5 Å². The summed E-state index contributed by atoms with van der Waals surface area (Å²) in [6, 6.07) is 2.03. The average Bonchev–Trinajstić information content (AvgIpc) is 2.86. The molecule has 0 spiro atoms. The summed E-state index contributed by atoms with van der Waals surface area (Å²) in [5.41, 5.74) is 2.15. The maximum atomic E-state index is 11.3. The zero-order chi connectivity index (χ0) is 13.7. The number of esters is 1. The summed E-state index contributed by atoms with van der Waals surface area (Å²) in [4.78, 5) is 15.4. The zero-order valence-electron chi connectivity index (χ0n) is 10.6. The fraction of sp³-hybridized carbons (Fsp3) is 0.333. The van der Waals surface area contributed by atoms with Gasteiger partial charge in [0, 0.05) is 18.1 Å². The number of ether oxygens (including phenoxy) is 1. The van der Waals surface area contributed by atoms with Gasteiger partial charge >= 0.3 is 11.9 Å². The summed E-state index contributed by atoms with van der Waals surface area (Å²) in [7, 11) is 0. The van der Waals surface area contributed by atoms with Crippen LogP contribution in [0.3, 0.4) is 0 Å². The Morgan fingerprint density at radius 1 is 1.42 bits per heavy atom. The van der Waals surface area contributed by atoms with Gasteiger partial charge in [0.15, 0.2) is 0 Å². The highest BCUT2D eigenvalue weighted by Crippen LogP contribution is 2.21. The number of aryl methyl sites for hydroxylation is 1. The fourth-order valence-corrected chi connectivity index (χ4v) is 2.07. The number of rotatable bonds is 5. The Bertz CT molecular complexity index is 571. The highest BCUT2D eigenvalue weighted by Gasteiger charge is 2.16. The number of carbonyl (C=O) groups excluding carboxylic acids is 1. The van der Waals surface area contributed by atoms with Crippen molar-refractivity contribution in [2.24, 2.45) is 0 Å². The van der Waals surface area contributed by atoms with Gasteiger partial charge < -0.3 is 9.15 Å². The molecule has 100 valence electrons. The Kier molecular flexibility index (Phi) is 4.51. The molecule has 0 atom stereocenters. The lowest BCUT2D eigenvalue weighted by atomic mass is 10.2. The SMILES string of the molecule is CCOC(=O)c1nnc(SCc2cncc(C)c2)o1. The molecule has 6 nitrogen and oxygen atoms in total. The van der Waals surface area contributed by atoms with Gasteiger partial charge in [0.25, 0.3) is 5.22 Å². The van der Waals surface area contributed by atoms with E-state index in [2.05, 4.69) is 15.2 Å². The standard InChI is InChI=1S/C12H13N3O3S/c1-3-17-11(16)10-14-15-12(18-10)19-7-9-4-8(2)5-13-6-9/h4-6H,3,7H2,1-2H3. The molecule has 0 aliphatic carbocycles. The van der Waals surface area contributed by atoms with Crippen LogP contribution in [0.25, 0.3) is 0 Å². The first-order chi connectivity index (χ1) is 9.19. The van der Waals surface area contributed by atoms with Crippen molar-refractivity contribution in [1.82, 2.24) is 15.2 Å². The van der Waals surface area contributed by atoms with Crippen LogP contribution in [-0.2, 0) is 10.5 Å². The Morgan fingerprint density at radius 3 is 3.00 bits per heavy atom. The third-order valence-electron chi connectivity index (χ3n) is 2.15. The predicted octanol–water partition coefficient (Wildman–Crippen LogP) is 2.24. The van der Waals surface area contributed by atoms with Crippen LogP contribution in [0.15, 0.2) is 28.1 Å². The van der Waals surface area contributed by atoms with Gasteiger partial charge in [0.1, 0.15) is 0 Å². The van der Waals surface area contributed by atoms with E-state index in [0.29, 0.717) is 11.0 Å². The van der Waals surface area contributed by atoms with Crippen molar-refractivity contribution in [3.05, 3.63) is 35.5 Å². The van der Waals surface area contributed by atoms with Crippen LogP contribution in [-0.4, -0.2) is 27.8 Å². The second-order valence-electron chi connectivity index (χ2n) is 3.75. The van der Waals surface area contributed by atoms with Gasteiger partial charge in [0.05, 0.1) is 6.61 Å². The van der Waals surface area contributed by atoms with Crippen LogP contribution in [0.5, 0.6) is 0 Å². The summed E-state index contributed by atoms with van der Waals surface area (Å²) < 4.78 is 9.96. The summed E-state index contributed by atoms with van der Waals surface area (Å²) in [6.07, 6.45) is 3.57. The van der Waals surface area contributed by atoms with Gasteiger partial charge in [-0.15, -0.1) is 5.10 Å². The minimum absolute atomic E-state index is 0.119. The predicted molar refractivity (Wildman–Crippen MR) is 68.8 cm³/mol. The van der Waals surface area contributed by atoms with E-state index < -0.39 is 5.97 Å². The van der Waals surface area contributed by atoms with Crippen LogP contribution in [0, 0.1) is 6.92 Å². The lowest BCUT2D eigenvalue weighted by Crippen LogP contribution is -2.04. The van der Waals surface area contributed by atoms with Crippen molar-refractivity contribution in [3.63, 3.8) is 0 Å². The molecule has 0 aliphatic heterocycles. The van der Waals surface area contributed by atoms with E-state index in [9.17, 15) is 4.79 Å². The quantitative estimate of drug-likeness (QED) is 0.613. The zero-order valence-corrected chi connectivity index (χ0v) is 11.4. The van der Waals surface area contributed by atoms with Gasteiger partial charge in [-0.05, 0) is 25.0 Å². The van der Waals surface area contributed by atoms with E-state index >= 15 is 0 Å². The van der Waals surface area contributed by atoms with Gasteiger partial charge in [0.2, 0.25) is 0 Å². The molecule has 0 aliphatic rings. The van der Waals surface area contributed by atoms with Crippen molar-refractivity contribution in [3.8, 4) is 0 Å². The Labute approximate surface area is 114 Å². The molecule has 19 heavy (non-hydrogen) atoms. The van der Waals surface area contributed by atoms with Crippen molar-refractivity contribution in [2.45, 2.75) is 24.8 Å². The molecule has 0 N–H and O–H groups in total. The third-order valence-corrected chi connectivity index (χ3v) is 3.04. The molecular weight excluding hydrogens is 266 g/mol. The van der Waals surface area contributed by atoms with Crippen molar-refractivity contribution >= 4 is 17.7 Å². The van der Waals surface area contributed by atoms with Crippen LogP contribution < -0.4 is 0 Å². The van der Waals surface area contributed by atoms with Crippen LogP contribution >= 0.6 is 11.8 Å². The molecule has 0 fully saturated rings. The molecular formula is C12H13N3O3S. The molecule has 0 bridgehead atoms. The highest BCUT2D eigenvalue weighted by atomic mass is 32.2. The molecule has 0 saturated carbocycles. The maximum Gasteiger partial charge on any atom is 0.396 e. The highest BCUT2D eigenvalue weighted by molar-refractivity contribution is 7.98. The Hall–Kier alpha value is -1.89. The van der Waals surface area contributed by atoms with E-state index in [1.165, 1.54) is 11.8 Å². The Balaban J connectivity index is 1.95. The number of hydrogen-bond donors (Lipinski definition) is 0. The second kappa shape index (κ2) is 6.33. The normalized spacial score (nSPS) is 10.4. The van der Waals surface area contributed by atoms with E-state index in [0.717, 1.165) is 11.1 Å². The summed E-state index contributed by atoms with van der Waals surface area (Å²) >= 11 is 1.35. The van der Waals surface area contributed by atoms with Gasteiger partial charge in [-0.3, -0.25) is 4.98 Å². The van der Waals surface area contributed by atoms with E-state index in [1.807, 2.05) is 13.0 Å². The summed E-state index contributed by atoms with van der Waals surface area (Å²) in [5, 5.41) is 7.76. The molecule has 0 unspecified atom stereocenters. The number of hydrogen-bond acceptors (Lipinski definition) is 7. The molecule has 2 heterocycles. The molecule has 0 radical (unpaired) electrons. The van der Waals surface area contributed by atoms with Crippen molar-refractivity contribution in [1.29, 1.82) is 0 Å². The smallest absolute Gasteiger partial charge is 0.396 e. The molecule has 0 saturated heterocycles. The van der Waals surface area contributed by atoms with Gasteiger partial charge in [-0.1, -0.05) is 22.9 Å². The summed E-state index contributed by atoms with van der Waals surface area (Å²) in [5.74, 6) is -0.0649. The monoisotopic (exact) mass is 279 g/mol. The third kappa shape index (κ3) is 3.78. The number of carbonyl (C=O) groups is 1. The van der Waals surface area contributed by atoms with E-state index in [4.69, 9.17) is 9.15 Å². The molecule has 2 aromatic heterocycles. The largest absolute Gasteiger partial charge is 0.459 e. The van der Waals surface area contributed by atoms with Gasteiger partial charge in [-0.25, -0.2) is 4.79 Å². The van der Waals surface area contributed by atoms with E-state index in [1.54, 1.807) is 19.3 Å². The molecule has 7 heteroatoms. The first-order valence-corrected chi connectivity index (χ1v) is 6.71. The molecule has 0 amide bonds. The molecule has 2 rings (SSSR count). The second-order valence-corrected chi connectivity index (χ2v) is 4.68. The minimum Gasteiger partial charge on any atom is -0.459 e. The minimum atomic E-state index is -0.598. The average molecular weight is 279 g/mol. The van der Waals surface area contributed by atoms with Crippen LogP contribution in [0.2, 0.25) is 0 Å². The van der Waals surface area contributed by atoms with Crippen molar-refractivity contribution in [2.75, 3.05) is 6.61 Å². The van der Waals surface area contributed by atoms with Crippen LogP contribution in [0.1, 0.15) is 28.7 Å². The number of thioether (sulfide) groups is 1. The summed E-state index contributed by atoms with van der Waals surface area (Å²) in [6.45, 7) is 3.97. The fourth-order valence-electron chi connectivity index (χ4n) is 1.38. The van der Waals surface area contributed by atoms with Crippen LogP contribution in [0.4, 0.5) is 0 Å². The number of nitrogens with zero attached hydrogens (tertiary/aromatic N) is 3. The lowest BCUT2D eigenvalue weighted by Gasteiger charge is -1.98.